The average Bonchev–Trinajstić information content (AvgIpc) is 2.30. The van der Waals surface area contributed by atoms with Crippen molar-refractivity contribution >= 4 is 47.7 Å². The molecule has 8 heteroatoms. The Kier molecular flexibility index (Phi) is 7.12. The van der Waals surface area contributed by atoms with Crippen LogP contribution in [0.3, 0.4) is 0 Å². The molecule has 1 aliphatic rings. The normalized spacial score (nSPS) is 19.9. The van der Waals surface area contributed by atoms with Gasteiger partial charge in [0.1, 0.15) is 0 Å². The van der Waals surface area contributed by atoms with E-state index in [1.165, 1.54) is 0 Å². The van der Waals surface area contributed by atoms with Gasteiger partial charge in [-0.05, 0) is 19.4 Å². The van der Waals surface area contributed by atoms with Crippen LogP contribution in [-0.2, 0) is 19.4 Å². The molecule has 18 heavy (non-hydrogen) atoms. The third-order valence-corrected chi connectivity index (χ3v) is 5.09. The van der Waals surface area contributed by atoms with Crippen molar-refractivity contribution in [3.63, 3.8) is 0 Å². The van der Waals surface area contributed by atoms with Gasteiger partial charge in [0.15, 0.2) is 13.6 Å². The SMILES string of the molecule is O=C(OCCCCN1CCS(=O)(=O)CC1)C(Br)Br. The number of alkyl halides is 2. The molecule has 0 spiro atoms. The molecule has 0 atom stereocenters. The summed E-state index contributed by atoms with van der Waals surface area (Å²) in [7, 11) is -2.79. The molecule has 1 rings (SSSR count). The van der Waals surface area contributed by atoms with Gasteiger partial charge in [0.2, 0.25) is 0 Å². The zero-order valence-corrected chi connectivity index (χ0v) is 14.0. The first-order chi connectivity index (χ1) is 8.41. The average molecular weight is 407 g/mol. The molecule has 1 heterocycles. The smallest absolute Gasteiger partial charge is 0.330 e. The molecule has 0 aromatic rings. The Labute approximate surface area is 124 Å². The summed E-state index contributed by atoms with van der Waals surface area (Å²) in [6, 6.07) is 0. The van der Waals surface area contributed by atoms with Crippen molar-refractivity contribution < 1.29 is 17.9 Å². The molecule has 5 nitrogen and oxygen atoms in total. The summed E-state index contributed by atoms with van der Waals surface area (Å²) in [5.41, 5.74) is 0. The number of halogens is 2. The zero-order chi connectivity index (χ0) is 13.6. The van der Waals surface area contributed by atoms with E-state index in [9.17, 15) is 13.2 Å². The minimum atomic E-state index is -2.79. The van der Waals surface area contributed by atoms with Gasteiger partial charge < -0.3 is 9.64 Å². The van der Waals surface area contributed by atoms with E-state index >= 15 is 0 Å². The first-order valence-corrected chi connectivity index (χ1v) is 9.43. The van der Waals surface area contributed by atoms with Gasteiger partial charge in [0, 0.05) is 13.1 Å². The number of hydrogen-bond donors (Lipinski definition) is 0. The second-order valence-corrected chi connectivity index (χ2v) is 9.53. The van der Waals surface area contributed by atoms with E-state index in [1.807, 2.05) is 0 Å². The third-order valence-electron chi connectivity index (χ3n) is 2.73. The van der Waals surface area contributed by atoms with Crippen LogP contribution in [0.2, 0.25) is 0 Å². The molecular formula is C10H17Br2NO4S. The van der Waals surface area contributed by atoms with Gasteiger partial charge in [0.05, 0.1) is 18.1 Å². The maximum Gasteiger partial charge on any atom is 0.330 e. The Bertz CT molecular complexity index is 358. The Morgan fingerprint density at radius 1 is 1.22 bits per heavy atom. The van der Waals surface area contributed by atoms with E-state index in [1.54, 1.807) is 0 Å². The molecule has 1 saturated heterocycles. The lowest BCUT2D eigenvalue weighted by atomic mass is 10.3. The molecule has 0 aromatic carbocycles. The molecule has 1 aliphatic heterocycles. The maximum atomic E-state index is 11.2. The van der Waals surface area contributed by atoms with Gasteiger partial charge in [-0.2, -0.15) is 0 Å². The van der Waals surface area contributed by atoms with E-state index < -0.39 is 13.6 Å². The fourth-order valence-corrected chi connectivity index (χ4v) is 3.19. The van der Waals surface area contributed by atoms with E-state index in [0.717, 1.165) is 19.4 Å². The lowest BCUT2D eigenvalue weighted by Crippen LogP contribution is -2.40. The highest BCUT2D eigenvalue weighted by atomic mass is 79.9. The molecule has 0 N–H and O–H groups in total. The summed E-state index contributed by atoms with van der Waals surface area (Å²) in [6.45, 7) is 2.50. The molecule has 106 valence electrons. The summed E-state index contributed by atoms with van der Waals surface area (Å²) in [6.07, 6.45) is 1.70. The Balaban J connectivity index is 2.04. The van der Waals surface area contributed by atoms with Crippen LogP contribution in [-0.4, -0.2) is 60.8 Å². The molecule has 0 bridgehead atoms. The quantitative estimate of drug-likeness (QED) is 0.376. The predicted octanol–water partition coefficient (Wildman–Crippen LogP) is 1.16. The summed E-state index contributed by atoms with van der Waals surface area (Å²) in [4.78, 5) is 13.2. The molecular weight excluding hydrogens is 390 g/mol. The fraction of sp³-hybridized carbons (Fsp3) is 0.900. The second kappa shape index (κ2) is 7.81. The van der Waals surface area contributed by atoms with Crippen LogP contribution >= 0.6 is 31.9 Å². The van der Waals surface area contributed by atoms with Crippen LogP contribution in [0.1, 0.15) is 12.8 Å². The number of esters is 1. The van der Waals surface area contributed by atoms with Gasteiger partial charge in [-0.25, -0.2) is 13.2 Å². The number of unbranched alkanes of at least 4 members (excludes halogenated alkanes) is 1. The number of carbonyl (C=O) groups is 1. The van der Waals surface area contributed by atoms with Crippen molar-refractivity contribution in [3.8, 4) is 0 Å². The van der Waals surface area contributed by atoms with E-state index in [-0.39, 0.29) is 17.5 Å². The highest BCUT2D eigenvalue weighted by Crippen LogP contribution is 2.10. The number of sulfone groups is 1. The monoisotopic (exact) mass is 405 g/mol. The van der Waals surface area contributed by atoms with Crippen LogP contribution in [0.25, 0.3) is 0 Å². The maximum absolute atomic E-state index is 11.2. The fourth-order valence-electron chi connectivity index (χ4n) is 1.65. The zero-order valence-electron chi connectivity index (χ0n) is 9.98. The molecule has 0 amide bonds. The second-order valence-electron chi connectivity index (χ2n) is 4.17. The molecule has 0 aromatic heterocycles. The number of rotatable bonds is 6. The predicted molar refractivity (Wildman–Crippen MR) is 76.9 cm³/mol. The van der Waals surface area contributed by atoms with Gasteiger partial charge in [0.25, 0.3) is 0 Å². The van der Waals surface area contributed by atoms with Gasteiger partial charge in [-0.1, -0.05) is 31.9 Å². The highest BCUT2D eigenvalue weighted by Gasteiger charge is 2.20. The van der Waals surface area contributed by atoms with Gasteiger partial charge in [-0.15, -0.1) is 0 Å². The Morgan fingerprint density at radius 2 is 1.83 bits per heavy atom. The van der Waals surface area contributed by atoms with Crippen LogP contribution in [0.5, 0.6) is 0 Å². The van der Waals surface area contributed by atoms with Gasteiger partial charge in [-0.3, -0.25) is 0 Å². The van der Waals surface area contributed by atoms with Crippen molar-refractivity contribution in [1.82, 2.24) is 4.90 Å². The number of ether oxygens (including phenoxy) is 1. The molecule has 0 aliphatic carbocycles. The Morgan fingerprint density at radius 3 is 2.39 bits per heavy atom. The van der Waals surface area contributed by atoms with Crippen molar-refractivity contribution in [2.75, 3.05) is 37.7 Å². The number of nitrogens with zero attached hydrogens (tertiary/aromatic N) is 1. The van der Waals surface area contributed by atoms with Crippen molar-refractivity contribution in [2.45, 2.75) is 16.6 Å². The van der Waals surface area contributed by atoms with E-state index in [4.69, 9.17) is 4.74 Å². The van der Waals surface area contributed by atoms with Crippen molar-refractivity contribution in [2.24, 2.45) is 0 Å². The van der Waals surface area contributed by atoms with Crippen LogP contribution in [0.4, 0.5) is 0 Å². The topological polar surface area (TPSA) is 63.7 Å². The molecule has 0 radical (unpaired) electrons. The first-order valence-electron chi connectivity index (χ1n) is 5.78. The lowest BCUT2D eigenvalue weighted by molar-refractivity contribution is -0.141. The van der Waals surface area contributed by atoms with E-state index in [2.05, 4.69) is 36.8 Å². The van der Waals surface area contributed by atoms with Crippen LogP contribution < -0.4 is 0 Å². The highest BCUT2D eigenvalue weighted by molar-refractivity contribution is 9.25. The van der Waals surface area contributed by atoms with Crippen LogP contribution in [0.15, 0.2) is 0 Å². The van der Waals surface area contributed by atoms with E-state index in [0.29, 0.717) is 19.7 Å². The summed E-state index contributed by atoms with van der Waals surface area (Å²) >= 11 is 6.12. The lowest BCUT2D eigenvalue weighted by Gasteiger charge is -2.26. The van der Waals surface area contributed by atoms with Gasteiger partial charge >= 0.3 is 5.97 Å². The van der Waals surface area contributed by atoms with Crippen LogP contribution in [0, 0.1) is 0 Å². The molecule has 0 saturated carbocycles. The summed E-state index contributed by atoms with van der Waals surface area (Å²) in [5, 5.41) is 0. The van der Waals surface area contributed by atoms with Crippen molar-refractivity contribution in [3.05, 3.63) is 0 Å². The minimum absolute atomic E-state index is 0.261. The van der Waals surface area contributed by atoms with Crippen molar-refractivity contribution in [1.29, 1.82) is 0 Å². The molecule has 1 fully saturated rings. The first kappa shape index (κ1) is 16.4. The largest absolute Gasteiger partial charge is 0.464 e. The summed E-state index contributed by atoms with van der Waals surface area (Å²) in [5.74, 6) is 0.201. The third kappa shape index (κ3) is 6.49. The standard InChI is InChI=1S/C10H17Br2NO4S/c11-9(12)10(14)17-6-2-1-3-13-4-7-18(15,16)8-5-13/h9H,1-8H2. The minimum Gasteiger partial charge on any atom is -0.464 e. The number of hydrogen-bond acceptors (Lipinski definition) is 5. The number of carbonyl (C=O) groups excluding carboxylic acids is 1. The molecule has 0 unspecified atom stereocenters. The Hall–Kier alpha value is 0.340. The summed E-state index contributed by atoms with van der Waals surface area (Å²) < 4.78 is 27.0.